The van der Waals surface area contributed by atoms with E-state index in [-0.39, 0.29) is 24.0 Å². The van der Waals surface area contributed by atoms with E-state index in [1.807, 2.05) is 0 Å². The van der Waals surface area contributed by atoms with Crippen LogP contribution in [-0.4, -0.2) is 32.2 Å². The first kappa shape index (κ1) is 25.7. The Morgan fingerprint density at radius 3 is 1.39 bits per heavy atom. The third kappa shape index (κ3) is 24.8. The zero-order chi connectivity index (χ0) is 16.5. The molecule has 0 heterocycles. The van der Waals surface area contributed by atoms with Crippen LogP contribution in [0.15, 0.2) is 12.2 Å². The van der Waals surface area contributed by atoms with Gasteiger partial charge < -0.3 is 28.5 Å². The minimum absolute atomic E-state index is 0. The molecule has 0 N–H and O–H groups in total. The number of nitrogens with zero attached hydrogens (tertiary/aromatic N) is 1. The number of quaternary nitrogens is 1. The van der Waals surface area contributed by atoms with Crippen molar-refractivity contribution in [3.8, 4) is 0 Å². The van der Waals surface area contributed by atoms with E-state index in [9.17, 15) is 0 Å². The summed E-state index contributed by atoms with van der Waals surface area (Å²) in [5, 5.41) is 0. The lowest BCUT2D eigenvalue weighted by atomic mass is 10.1. The number of hydrogen-bond acceptors (Lipinski definition) is 0. The first-order chi connectivity index (χ1) is 10.6. The molecule has 0 aliphatic carbocycles. The summed E-state index contributed by atoms with van der Waals surface area (Å²) >= 11 is 0. The molecular formula is C21H44IN. The van der Waals surface area contributed by atoms with Gasteiger partial charge in [-0.2, -0.15) is 0 Å². The molecule has 0 rings (SSSR count). The van der Waals surface area contributed by atoms with Crippen molar-refractivity contribution in [1.82, 2.24) is 0 Å². The highest BCUT2D eigenvalue weighted by Gasteiger charge is 2.04. The molecule has 1 nitrogen and oxygen atoms in total. The summed E-state index contributed by atoms with van der Waals surface area (Å²) in [5.74, 6) is 0. The predicted octanol–water partition coefficient (Wildman–Crippen LogP) is 3.73. The Hall–Kier alpha value is 0.430. The van der Waals surface area contributed by atoms with Gasteiger partial charge in [0.2, 0.25) is 0 Å². The van der Waals surface area contributed by atoms with E-state index >= 15 is 0 Å². The molecule has 140 valence electrons. The first-order valence-electron chi connectivity index (χ1n) is 10.0. The second-order valence-corrected chi connectivity index (χ2v) is 7.95. The van der Waals surface area contributed by atoms with Crippen molar-refractivity contribution >= 4 is 0 Å². The number of unbranched alkanes of at least 4 members (excludes halogenated alkanes) is 12. The molecule has 0 aromatic rings. The Labute approximate surface area is 164 Å². The predicted molar refractivity (Wildman–Crippen MR) is 102 cm³/mol. The molecule has 0 aliphatic rings. The van der Waals surface area contributed by atoms with Crippen molar-refractivity contribution in [3.63, 3.8) is 0 Å². The molecule has 0 radical (unpaired) electrons. The molecular weight excluding hydrogens is 393 g/mol. The highest BCUT2D eigenvalue weighted by atomic mass is 127. The standard InChI is InChI=1S/C21H44N.HI/c1-5-6-7-8-9-10-11-12-13-14-15-16-17-18-19-20-21-22(2,3)4;/h12-13H,5-11,14-21H2,1-4H3;1H/q+1;/p-1/b13-12-;. The molecule has 0 bridgehead atoms. The van der Waals surface area contributed by atoms with E-state index in [1.165, 1.54) is 96.4 Å². The maximum Gasteiger partial charge on any atom is 0.0780 e. The average Bonchev–Trinajstić information content (AvgIpc) is 2.45. The van der Waals surface area contributed by atoms with Gasteiger partial charge in [-0.15, -0.1) is 0 Å². The van der Waals surface area contributed by atoms with Gasteiger partial charge in [0.25, 0.3) is 0 Å². The van der Waals surface area contributed by atoms with Gasteiger partial charge in [0.05, 0.1) is 27.7 Å². The summed E-state index contributed by atoms with van der Waals surface area (Å²) in [7, 11) is 6.87. The van der Waals surface area contributed by atoms with Crippen molar-refractivity contribution in [2.24, 2.45) is 0 Å². The summed E-state index contributed by atoms with van der Waals surface area (Å²) in [6, 6.07) is 0. The van der Waals surface area contributed by atoms with Crippen LogP contribution in [0.4, 0.5) is 0 Å². The molecule has 0 unspecified atom stereocenters. The first-order valence-corrected chi connectivity index (χ1v) is 10.0. The molecule has 0 aliphatic heterocycles. The third-order valence-corrected chi connectivity index (χ3v) is 4.34. The number of rotatable bonds is 16. The minimum Gasteiger partial charge on any atom is -1.00 e. The molecule has 0 amide bonds. The Morgan fingerprint density at radius 2 is 0.957 bits per heavy atom. The second kappa shape index (κ2) is 18.8. The van der Waals surface area contributed by atoms with Gasteiger partial charge in [-0.3, -0.25) is 0 Å². The molecule has 0 aromatic heterocycles. The fourth-order valence-corrected chi connectivity index (χ4v) is 2.83. The monoisotopic (exact) mass is 437 g/mol. The lowest BCUT2D eigenvalue weighted by Crippen LogP contribution is -3.00. The highest BCUT2D eigenvalue weighted by molar-refractivity contribution is 4.81. The van der Waals surface area contributed by atoms with Crippen molar-refractivity contribution in [2.75, 3.05) is 27.7 Å². The van der Waals surface area contributed by atoms with Gasteiger partial charge in [0, 0.05) is 0 Å². The van der Waals surface area contributed by atoms with E-state index in [1.54, 1.807) is 0 Å². The normalized spacial score (nSPS) is 11.8. The quantitative estimate of drug-likeness (QED) is 0.149. The van der Waals surface area contributed by atoms with Crippen LogP contribution >= 0.6 is 0 Å². The largest absolute Gasteiger partial charge is 1.00 e. The van der Waals surface area contributed by atoms with Crippen LogP contribution in [0, 0.1) is 0 Å². The van der Waals surface area contributed by atoms with E-state index < -0.39 is 0 Å². The van der Waals surface area contributed by atoms with Crippen LogP contribution in [0.2, 0.25) is 0 Å². The lowest BCUT2D eigenvalue weighted by molar-refractivity contribution is -0.870. The van der Waals surface area contributed by atoms with Crippen molar-refractivity contribution in [1.29, 1.82) is 0 Å². The zero-order valence-electron chi connectivity index (χ0n) is 16.6. The molecule has 0 atom stereocenters. The lowest BCUT2D eigenvalue weighted by Gasteiger charge is -2.23. The van der Waals surface area contributed by atoms with Crippen LogP contribution < -0.4 is 24.0 Å². The summed E-state index contributed by atoms with van der Waals surface area (Å²) < 4.78 is 1.11. The minimum atomic E-state index is 0. The van der Waals surface area contributed by atoms with Crippen LogP contribution in [0.25, 0.3) is 0 Å². The van der Waals surface area contributed by atoms with Crippen molar-refractivity contribution in [3.05, 3.63) is 12.2 Å². The summed E-state index contributed by atoms with van der Waals surface area (Å²) in [5.41, 5.74) is 0. The maximum atomic E-state index is 2.42. The smallest absolute Gasteiger partial charge is 0.0780 e. The Kier molecular flexibility index (Phi) is 20.9. The summed E-state index contributed by atoms with van der Waals surface area (Å²) in [6.07, 6.45) is 24.4. The van der Waals surface area contributed by atoms with E-state index in [0.717, 1.165) is 4.48 Å². The Morgan fingerprint density at radius 1 is 0.565 bits per heavy atom. The van der Waals surface area contributed by atoms with Crippen molar-refractivity contribution < 1.29 is 28.5 Å². The Bertz CT molecular complexity index is 243. The second-order valence-electron chi connectivity index (χ2n) is 7.95. The number of allylic oxidation sites excluding steroid dienone is 2. The van der Waals surface area contributed by atoms with Gasteiger partial charge in [-0.1, -0.05) is 70.4 Å². The van der Waals surface area contributed by atoms with E-state index in [2.05, 4.69) is 40.2 Å². The molecule has 23 heavy (non-hydrogen) atoms. The number of halogens is 1. The van der Waals surface area contributed by atoms with Crippen LogP contribution in [0.5, 0.6) is 0 Å². The van der Waals surface area contributed by atoms with E-state index in [0.29, 0.717) is 0 Å². The zero-order valence-corrected chi connectivity index (χ0v) is 18.7. The topological polar surface area (TPSA) is 0 Å². The maximum absolute atomic E-state index is 2.42. The average molecular weight is 437 g/mol. The van der Waals surface area contributed by atoms with Crippen LogP contribution in [-0.2, 0) is 0 Å². The molecule has 0 spiro atoms. The molecule has 0 fully saturated rings. The Balaban J connectivity index is 0. The molecule has 0 saturated carbocycles. The van der Waals surface area contributed by atoms with Crippen LogP contribution in [0.1, 0.15) is 96.8 Å². The third-order valence-electron chi connectivity index (χ3n) is 4.34. The van der Waals surface area contributed by atoms with E-state index in [4.69, 9.17) is 0 Å². The number of hydrogen-bond donors (Lipinski definition) is 0. The molecule has 0 aromatic carbocycles. The summed E-state index contributed by atoms with van der Waals surface area (Å²) in [4.78, 5) is 0. The highest BCUT2D eigenvalue weighted by Crippen LogP contribution is 2.10. The fraction of sp³-hybridized carbons (Fsp3) is 0.905. The fourth-order valence-electron chi connectivity index (χ4n) is 2.83. The van der Waals surface area contributed by atoms with Gasteiger partial charge in [-0.05, 0) is 38.5 Å². The molecule has 2 heteroatoms. The van der Waals surface area contributed by atoms with Gasteiger partial charge in [-0.25, -0.2) is 0 Å². The van der Waals surface area contributed by atoms with Crippen LogP contribution in [0.3, 0.4) is 0 Å². The van der Waals surface area contributed by atoms with Crippen molar-refractivity contribution in [2.45, 2.75) is 96.8 Å². The summed E-state index contributed by atoms with van der Waals surface area (Å²) in [6.45, 7) is 3.61. The SMILES string of the molecule is CCCCCCCC/C=C\CCCCCCCC[N+](C)(C)C.[I-]. The van der Waals surface area contributed by atoms with Gasteiger partial charge in [0.1, 0.15) is 0 Å². The van der Waals surface area contributed by atoms with Gasteiger partial charge >= 0.3 is 0 Å². The molecule has 0 saturated heterocycles. The van der Waals surface area contributed by atoms with Gasteiger partial charge in [0.15, 0.2) is 0 Å².